The topological polar surface area (TPSA) is 54.9 Å². The highest BCUT2D eigenvalue weighted by Gasteiger charge is 2.13. The van der Waals surface area contributed by atoms with E-state index in [1.165, 1.54) is 11.3 Å². The summed E-state index contributed by atoms with van der Waals surface area (Å²) in [6, 6.07) is 5.15. The van der Waals surface area contributed by atoms with Gasteiger partial charge in [0.2, 0.25) is 11.0 Å². The van der Waals surface area contributed by atoms with Gasteiger partial charge in [-0.05, 0) is 18.2 Å². The predicted molar refractivity (Wildman–Crippen MR) is 78.8 cm³/mol. The van der Waals surface area contributed by atoms with Crippen molar-refractivity contribution < 1.29 is 4.79 Å². The average molecular weight is 316 g/mol. The second kappa shape index (κ2) is 5.86. The number of rotatable bonds is 3. The molecule has 0 unspecified atom stereocenters. The molecule has 0 atom stereocenters. The van der Waals surface area contributed by atoms with Crippen molar-refractivity contribution in [2.75, 3.05) is 5.32 Å². The van der Waals surface area contributed by atoms with E-state index in [-0.39, 0.29) is 11.8 Å². The van der Waals surface area contributed by atoms with Crippen molar-refractivity contribution in [3.63, 3.8) is 0 Å². The van der Waals surface area contributed by atoms with Gasteiger partial charge in [-0.15, -0.1) is 10.2 Å². The van der Waals surface area contributed by atoms with Crippen molar-refractivity contribution in [2.24, 2.45) is 5.92 Å². The Balaban J connectivity index is 2.23. The normalized spacial score (nSPS) is 10.8. The van der Waals surface area contributed by atoms with Crippen molar-refractivity contribution in [3.8, 4) is 10.6 Å². The lowest BCUT2D eigenvalue weighted by molar-refractivity contribution is -0.118. The Hall–Kier alpha value is -1.17. The molecule has 1 amide bonds. The number of carbonyl (C=O) groups excluding carboxylic acids is 1. The van der Waals surface area contributed by atoms with Gasteiger partial charge in [-0.2, -0.15) is 0 Å². The Kier molecular flexibility index (Phi) is 4.39. The number of hydrogen-bond donors (Lipinski definition) is 1. The molecule has 1 N–H and O–H groups in total. The molecule has 100 valence electrons. The first-order chi connectivity index (χ1) is 8.97. The molecule has 1 aromatic heterocycles. The summed E-state index contributed by atoms with van der Waals surface area (Å²) in [4.78, 5) is 11.6. The SMILES string of the molecule is CC(C)C(=O)Nc1nnc(-c2ccc(Cl)cc2Cl)s1. The molecule has 4 nitrogen and oxygen atoms in total. The summed E-state index contributed by atoms with van der Waals surface area (Å²) in [6.45, 7) is 3.63. The third-order valence-electron chi connectivity index (χ3n) is 2.34. The molecule has 1 heterocycles. The van der Waals surface area contributed by atoms with E-state index >= 15 is 0 Å². The lowest BCUT2D eigenvalue weighted by atomic mass is 10.2. The minimum absolute atomic E-state index is 0.0927. The Bertz CT molecular complexity index is 613. The molecule has 0 aliphatic rings. The first-order valence-electron chi connectivity index (χ1n) is 5.57. The highest BCUT2D eigenvalue weighted by molar-refractivity contribution is 7.18. The van der Waals surface area contributed by atoms with Gasteiger partial charge in [0, 0.05) is 16.5 Å². The molecule has 0 saturated carbocycles. The number of amides is 1. The quantitative estimate of drug-likeness (QED) is 0.927. The highest BCUT2D eigenvalue weighted by Crippen LogP contribution is 2.33. The van der Waals surface area contributed by atoms with Crippen LogP contribution in [-0.2, 0) is 4.79 Å². The van der Waals surface area contributed by atoms with Gasteiger partial charge >= 0.3 is 0 Å². The fourth-order valence-corrected chi connectivity index (χ4v) is 2.64. The number of nitrogens with zero attached hydrogens (tertiary/aromatic N) is 2. The number of benzene rings is 1. The molecule has 2 aromatic rings. The molecule has 0 radical (unpaired) electrons. The lowest BCUT2D eigenvalue weighted by Crippen LogP contribution is -2.17. The van der Waals surface area contributed by atoms with E-state index in [0.717, 1.165) is 5.56 Å². The standard InChI is InChI=1S/C12H11Cl2N3OS/c1-6(2)10(18)15-12-17-16-11(19-12)8-4-3-7(13)5-9(8)14/h3-6H,1-2H3,(H,15,17,18). The van der Waals surface area contributed by atoms with Crippen LogP contribution in [0.4, 0.5) is 5.13 Å². The Morgan fingerprint density at radius 3 is 2.68 bits per heavy atom. The lowest BCUT2D eigenvalue weighted by Gasteiger charge is -2.02. The number of halogens is 2. The third kappa shape index (κ3) is 3.43. The monoisotopic (exact) mass is 315 g/mol. The van der Waals surface area contributed by atoms with Gasteiger partial charge in [-0.25, -0.2) is 0 Å². The second-order valence-corrected chi connectivity index (χ2v) is 6.00. The summed E-state index contributed by atoms with van der Waals surface area (Å²) >= 11 is 13.2. The van der Waals surface area contributed by atoms with E-state index in [1.54, 1.807) is 18.2 Å². The Morgan fingerprint density at radius 2 is 2.05 bits per heavy atom. The van der Waals surface area contributed by atoms with Gasteiger partial charge in [-0.3, -0.25) is 4.79 Å². The zero-order valence-corrected chi connectivity index (χ0v) is 12.6. The van der Waals surface area contributed by atoms with Gasteiger partial charge in [-0.1, -0.05) is 48.4 Å². The third-order valence-corrected chi connectivity index (χ3v) is 3.76. The van der Waals surface area contributed by atoms with Crippen LogP contribution in [0.25, 0.3) is 10.6 Å². The van der Waals surface area contributed by atoms with Crippen molar-refractivity contribution >= 4 is 45.6 Å². The van der Waals surface area contributed by atoms with E-state index in [2.05, 4.69) is 15.5 Å². The van der Waals surface area contributed by atoms with Crippen molar-refractivity contribution in [1.29, 1.82) is 0 Å². The first-order valence-corrected chi connectivity index (χ1v) is 7.14. The summed E-state index contributed by atoms with van der Waals surface area (Å²) in [7, 11) is 0. The van der Waals surface area contributed by atoms with Crippen LogP contribution in [0, 0.1) is 5.92 Å². The molecule has 19 heavy (non-hydrogen) atoms. The van der Waals surface area contributed by atoms with Gasteiger partial charge in [0.05, 0.1) is 5.02 Å². The summed E-state index contributed by atoms with van der Waals surface area (Å²) in [5, 5.41) is 12.8. The van der Waals surface area contributed by atoms with Crippen molar-refractivity contribution in [3.05, 3.63) is 28.2 Å². The molecule has 0 saturated heterocycles. The van der Waals surface area contributed by atoms with E-state index in [1.807, 2.05) is 13.8 Å². The fourth-order valence-electron chi connectivity index (χ4n) is 1.30. The molecule has 7 heteroatoms. The number of carbonyl (C=O) groups is 1. The summed E-state index contributed by atoms with van der Waals surface area (Å²) < 4.78 is 0. The maximum absolute atomic E-state index is 11.6. The van der Waals surface area contributed by atoms with Gasteiger partial charge in [0.1, 0.15) is 0 Å². The predicted octanol–water partition coefficient (Wildman–Crippen LogP) is 4.11. The second-order valence-electron chi connectivity index (χ2n) is 4.18. The molecular weight excluding hydrogens is 305 g/mol. The van der Waals surface area contributed by atoms with E-state index in [0.29, 0.717) is 20.2 Å². The maximum Gasteiger partial charge on any atom is 0.228 e. The molecule has 0 bridgehead atoms. The summed E-state index contributed by atoms with van der Waals surface area (Å²) in [5.41, 5.74) is 0.744. The number of aromatic nitrogens is 2. The molecule has 2 rings (SSSR count). The number of nitrogens with one attached hydrogen (secondary N) is 1. The van der Waals surface area contributed by atoms with E-state index < -0.39 is 0 Å². The van der Waals surface area contributed by atoms with E-state index in [9.17, 15) is 4.79 Å². The molecule has 0 aliphatic heterocycles. The van der Waals surface area contributed by atoms with Crippen molar-refractivity contribution in [1.82, 2.24) is 10.2 Å². The summed E-state index contributed by atoms with van der Waals surface area (Å²) in [5.74, 6) is -0.198. The Labute approximate surface area is 124 Å². The minimum atomic E-state index is -0.105. The molecular formula is C12H11Cl2N3OS. The van der Waals surface area contributed by atoms with Crippen LogP contribution < -0.4 is 5.32 Å². The van der Waals surface area contributed by atoms with E-state index in [4.69, 9.17) is 23.2 Å². The van der Waals surface area contributed by atoms with Crippen LogP contribution in [0.2, 0.25) is 10.0 Å². The average Bonchev–Trinajstić information content (AvgIpc) is 2.77. The number of hydrogen-bond acceptors (Lipinski definition) is 4. The smallest absolute Gasteiger partial charge is 0.228 e. The maximum atomic E-state index is 11.6. The first kappa shape index (κ1) is 14.2. The van der Waals surface area contributed by atoms with Crippen LogP contribution in [-0.4, -0.2) is 16.1 Å². The highest BCUT2D eigenvalue weighted by atomic mass is 35.5. The van der Waals surface area contributed by atoms with Crippen LogP contribution in [0.15, 0.2) is 18.2 Å². The molecule has 1 aromatic carbocycles. The molecule has 0 spiro atoms. The fraction of sp³-hybridized carbons (Fsp3) is 0.250. The minimum Gasteiger partial charge on any atom is -0.300 e. The van der Waals surface area contributed by atoms with Gasteiger partial charge < -0.3 is 5.32 Å². The van der Waals surface area contributed by atoms with Crippen LogP contribution in [0.3, 0.4) is 0 Å². The van der Waals surface area contributed by atoms with Gasteiger partial charge in [0.15, 0.2) is 5.01 Å². The van der Waals surface area contributed by atoms with Crippen molar-refractivity contribution in [2.45, 2.75) is 13.8 Å². The summed E-state index contributed by atoms with van der Waals surface area (Å²) in [6.07, 6.45) is 0. The number of anilines is 1. The zero-order valence-electron chi connectivity index (χ0n) is 10.3. The zero-order chi connectivity index (χ0) is 14.0. The van der Waals surface area contributed by atoms with Gasteiger partial charge in [0.25, 0.3) is 0 Å². The van der Waals surface area contributed by atoms with Crippen LogP contribution in [0.1, 0.15) is 13.8 Å². The Morgan fingerprint density at radius 1 is 1.32 bits per heavy atom. The largest absolute Gasteiger partial charge is 0.300 e. The molecule has 0 aliphatic carbocycles. The molecule has 0 fully saturated rings. The van der Waals surface area contributed by atoms with Crippen LogP contribution >= 0.6 is 34.5 Å². The van der Waals surface area contributed by atoms with Crippen LogP contribution in [0.5, 0.6) is 0 Å².